The van der Waals surface area contributed by atoms with Crippen LogP contribution in [0.4, 0.5) is 0 Å². The lowest BCUT2D eigenvalue weighted by Crippen LogP contribution is -2.32. The van der Waals surface area contributed by atoms with E-state index in [1.807, 2.05) is 6.20 Å². The van der Waals surface area contributed by atoms with Crippen LogP contribution < -0.4 is 5.73 Å². The van der Waals surface area contributed by atoms with Crippen LogP contribution in [0.3, 0.4) is 0 Å². The van der Waals surface area contributed by atoms with Crippen LogP contribution >= 0.6 is 0 Å². The first-order valence-corrected chi connectivity index (χ1v) is 6.31. The van der Waals surface area contributed by atoms with E-state index in [1.54, 1.807) is 0 Å². The van der Waals surface area contributed by atoms with Gasteiger partial charge in [-0.25, -0.2) is 9.97 Å². The third-order valence-electron chi connectivity index (χ3n) is 3.39. The van der Waals surface area contributed by atoms with Gasteiger partial charge < -0.3 is 5.73 Å². The summed E-state index contributed by atoms with van der Waals surface area (Å²) >= 11 is 0. The molecule has 0 spiro atoms. The molecule has 0 fully saturated rings. The Morgan fingerprint density at radius 1 is 1.35 bits per heavy atom. The summed E-state index contributed by atoms with van der Waals surface area (Å²) in [6.07, 6.45) is 3.95. The van der Waals surface area contributed by atoms with Crippen LogP contribution in [0.1, 0.15) is 64.2 Å². The van der Waals surface area contributed by atoms with Crippen molar-refractivity contribution < 1.29 is 0 Å². The Morgan fingerprint density at radius 3 is 2.59 bits per heavy atom. The number of fused-ring (bicyclic) bond motifs is 1. The first-order chi connectivity index (χ1) is 7.69. The van der Waals surface area contributed by atoms with Crippen LogP contribution in [-0.2, 0) is 11.8 Å². The van der Waals surface area contributed by atoms with Gasteiger partial charge in [-0.2, -0.15) is 0 Å². The van der Waals surface area contributed by atoms with E-state index in [-0.39, 0.29) is 16.9 Å². The standard InChI is InChI=1S/C14H23N3/c1-13(2,3)12-16-8-9-10(15)6-14(4,5)7-11(9)17-12/h8,10H,6-7,15H2,1-5H3. The summed E-state index contributed by atoms with van der Waals surface area (Å²) in [6.45, 7) is 10.9. The quantitative estimate of drug-likeness (QED) is 0.749. The molecular formula is C14H23N3. The fourth-order valence-electron chi connectivity index (χ4n) is 2.47. The Kier molecular flexibility index (Phi) is 2.77. The third-order valence-corrected chi connectivity index (χ3v) is 3.39. The van der Waals surface area contributed by atoms with Crippen molar-refractivity contribution in [3.8, 4) is 0 Å². The predicted molar refractivity (Wildman–Crippen MR) is 69.8 cm³/mol. The number of hydrogen-bond donors (Lipinski definition) is 1. The second kappa shape index (κ2) is 3.77. The van der Waals surface area contributed by atoms with Gasteiger partial charge in [0.2, 0.25) is 0 Å². The van der Waals surface area contributed by atoms with Crippen molar-refractivity contribution in [3.63, 3.8) is 0 Å². The van der Waals surface area contributed by atoms with Gasteiger partial charge in [-0.3, -0.25) is 0 Å². The summed E-state index contributed by atoms with van der Waals surface area (Å²) in [5.41, 5.74) is 8.73. The van der Waals surface area contributed by atoms with E-state index in [9.17, 15) is 0 Å². The van der Waals surface area contributed by atoms with E-state index in [0.717, 1.165) is 29.9 Å². The lowest BCUT2D eigenvalue weighted by molar-refractivity contribution is 0.276. The van der Waals surface area contributed by atoms with Crippen LogP contribution in [-0.4, -0.2) is 9.97 Å². The molecule has 0 saturated heterocycles. The van der Waals surface area contributed by atoms with E-state index < -0.39 is 0 Å². The average molecular weight is 233 g/mol. The first kappa shape index (κ1) is 12.5. The molecule has 1 unspecified atom stereocenters. The van der Waals surface area contributed by atoms with Gasteiger partial charge in [-0.1, -0.05) is 34.6 Å². The zero-order valence-electron chi connectivity index (χ0n) is 11.5. The van der Waals surface area contributed by atoms with Crippen molar-refractivity contribution in [3.05, 3.63) is 23.3 Å². The summed E-state index contributed by atoms with van der Waals surface area (Å²) < 4.78 is 0. The Morgan fingerprint density at radius 2 is 2.00 bits per heavy atom. The van der Waals surface area contributed by atoms with Gasteiger partial charge in [0.25, 0.3) is 0 Å². The molecule has 0 radical (unpaired) electrons. The average Bonchev–Trinajstić information content (AvgIpc) is 2.13. The molecule has 0 aliphatic heterocycles. The molecule has 0 bridgehead atoms. The second-order valence-corrected chi connectivity index (χ2v) is 7.00. The summed E-state index contributed by atoms with van der Waals surface area (Å²) in [5.74, 6) is 0.918. The third kappa shape index (κ3) is 2.49. The molecule has 94 valence electrons. The minimum atomic E-state index is 0.000710. The lowest BCUT2D eigenvalue weighted by Gasteiger charge is -2.35. The van der Waals surface area contributed by atoms with Gasteiger partial charge in [0, 0.05) is 28.9 Å². The van der Waals surface area contributed by atoms with Crippen LogP contribution in [0.15, 0.2) is 6.20 Å². The van der Waals surface area contributed by atoms with Gasteiger partial charge in [-0.05, 0) is 18.3 Å². The molecular weight excluding hydrogens is 210 g/mol. The van der Waals surface area contributed by atoms with E-state index >= 15 is 0 Å². The van der Waals surface area contributed by atoms with Crippen molar-refractivity contribution in [2.24, 2.45) is 11.1 Å². The summed E-state index contributed by atoms with van der Waals surface area (Å²) in [5, 5.41) is 0. The zero-order chi connectivity index (χ0) is 12.8. The van der Waals surface area contributed by atoms with Crippen LogP contribution in [0.2, 0.25) is 0 Å². The van der Waals surface area contributed by atoms with E-state index in [4.69, 9.17) is 10.7 Å². The molecule has 1 aromatic heterocycles. The Bertz CT molecular complexity index is 430. The maximum absolute atomic E-state index is 6.20. The first-order valence-electron chi connectivity index (χ1n) is 6.31. The highest BCUT2D eigenvalue weighted by Gasteiger charge is 2.32. The smallest absolute Gasteiger partial charge is 0.133 e. The fraction of sp³-hybridized carbons (Fsp3) is 0.714. The minimum absolute atomic E-state index is 0.000710. The SMILES string of the molecule is CC1(C)Cc2nc(C(C)(C)C)ncc2C(N)C1. The fourth-order valence-corrected chi connectivity index (χ4v) is 2.47. The second-order valence-electron chi connectivity index (χ2n) is 7.00. The largest absolute Gasteiger partial charge is 0.324 e. The maximum atomic E-state index is 6.20. The van der Waals surface area contributed by atoms with Crippen LogP contribution in [0.5, 0.6) is 0 Å². The molecule has 0 amide bonds. The topological polar surface area (TPSA) is 51.8 Å². The number of hydrogen-bond acceptors (Lipinski definition) is 3. The number of aromatic nitrogens is 2. The molecule has 17 heavy (non-hydrogen) atoms. The molecule has 1 heterocycles. The highest BCUT2D eigenvalue weighted by atomic mass is 14.9. The predicted octanol–water partition coefficient (Wildman–Crippen LogP) is 2.75. The van der Waals surface area contributed by atoms with Gasteiger partial charge in [0.05, 0.1) is 0 Å². The van der Waals surface area contributed by atoms with Crippen molar-refractivity contribution in [1.82, 2.24) is 9.97 Å². The summed E-state index contributed by atoms with van der Waals surface area (Å²) in [6, 6.07) is 0.0859. The highest BCUT2D eigenvalue weighted by molar-refractivity contribution is 5.27. The van der Waals surface area contributed by atoms with Gasteiger partial charge in [0.15, 0.2) is 0 Å². The molecule has 1 aliphatic rings. The molecule has 1 atom stereocenters. The molecule has 1 aliphatic carbocycles. The van der Waals surface area contributed by atoms with Crippen molar-refractivity contribution in [2.45, 2.75) is 58.9 Å². The zero-order valence-corrected chi connectivity index (χ0v) is 11.5. The van der Waals surface area contributed by atoms with Gasteiger partial charge in [-0.15, -0.1) is 0 Å². The molecule has 0 saturated carbocycles. The van der Waals surface area contributed by atoms with Crippen LogP contribution in [0.25, 0.3) is 0 Å². The Labute approximate surface area is 104 Å². The number of nitrogens with zero attached hydrogens (tertiary/aromatic N) is 2. The minimum Gasteiger partial charge on any atom is -0.324 e. The molecule has 1 aromatic rings. The van der Waals surface area contributed by atoms with E-state index in [0.29, 0.717) is 0 Å². The van der Waals surface area contributed by atoms with Gasteiger partial charge in [0.1, 0.15) is 5.82 Å². The number of rotatable bonds is 0. The molecule has 2 N–H and O–H groups in total. The van der Waals surface area contributed by atoms with Crippen LogP contribution in [0, 0.1) is 5.41 Å². The normalized spacial score (nSPS) is 23.3. The highest BCUT2D eigenvalue weighted by Crippen LogP contribution is 2.38. The van der Waals surface area contributed by atoms with Crippen molar-refractivity contribution in [1.29, 1.82) is 0 Å². The van der Waals surface area contributed by atoms with Gasteiger partial charge >= 0.3 is 0 Å². The Balaban J connectivity index is 2.45. The lowest BCUT2D eigenvalue weighted by atomic mass is 9.74. The molecule has 0 aromatic carbocycles. The van der Waals surface area contributed by atoms with Crippen molar-refractivity contribution >= 4 is 0 Å². The monoisotopic (exact) mass is 233 g/mol. The van der Waals surface area contributed by atoms with E-state index in [1.165, 1.54) is 0 Å². The summed E-state index contributed by atoms with van der Waals surface area (Å²) in [7, 11) is 0. The number of nitrogens with two attached hydrogens (primary N) is 1. The van der Waals surface area contributed by atoms with E-state index in [2.05, 4.69) is 39.6 Å². The molecule has 3 heteroatoms. The molecule has 2 rings (SSSR count). The maximum Gasteiger partial charge on any atom is 0.133 e. The molecule has 3 nitrogen and oxygen atoms in total. The summed E-state index contributed by atoms with van der Waals surface area (Å²) in [4.78, 5) is 9.21. The van der Waals surface area contributed by atoms with Crippen molar-refractivity contribution in [2.75, 3.05) is 0 Å². The Hall–Kier alpha value is -0.960.